The van der Waals surface area contributed by atoms with Crippen LogP contribution in [0.25, 0.3) is 17.5 Å². The Kier molecular flexibility index (Phi) is 6.01. The Balaban J connectivity index is 1.40. The van der Waals surface area contributed by atoms with Crippen LogP contribution >= 0.6 is 11.8 Å². The second kappa shape index (κ2) is 9.40. The van der Waals surface area contributed by atoms with Gasteiger partial charge in [-0.05, 0) is 60.2 Å². The van der Waals surface area contributed by atoms with Gasteiger partial charge in [-0.25, -0.2) is 13.8 Å². The van der Waals surface area contributed by atoms with Gasteiger partial charge in [-0.15, -0.1) is 0 Å². The van der Waals surface area contributed by atoms with Crippen LogP contribution in [0, 0.1) is 11.6 Å². The maximum atomic E-state index is 13.5. The number of carbonyl (C=O) groups is 1. The van der Waals surface area contributed by atoms with Gasteiger partial charge >= 0.3 is 0 Å². The van der Waals surface area contributed by atoms with Crippen molar-refractivity contribution in [3.63, 3.8) is 0 Å². The average molecular weight is 474 g/mol. The molecule has 0 saturated heterocycles. The van der Waals surface area contributed by atoms with E-state index in [1.165, 1.54) is 53.1 Å². The predicted molar refractivity (Wildman–Crippen MR) is 127 cm³/mol. The number of halogens is 2. The van der Waals surface area contributed by atoms with E-state index >= 15 is 0 Å². The van der Waals surface area contributed by atoms with Gasteiger partial charge in [-0.3, -0.25) is 9.69 Å². The Hall–Kier alpha value is -4.11. The molecule has 0 atom stereocenters. The fraction of sp³-hybridized carbons (Fsp3) is 0.0400. The van der Waals surface area contributed by atoms with E-state index in [1.807, 2.05) is 30.3 Å². The zero-order chi connectivity index (χ0) is 23.5. The van der Waals surface area contributed by atoms with Gasteiger partial charge in [0.15, 0.2) is 5.17 Å². The summed E-state index contributed by atoms with van der Waals surface area (Å²) < 4.78 is 31.9. The van der Waals surface area contributed by atoms with E-state index in [4.69, 9.17) is 4.52 Å². The SMILES string of the molecule is O=C1/C(=C\c2ccccc2)N=C(SCc2nc(-c3ccc(F)cc3)no2)N1c1ccc(F)cc1. The molecule has 0 fully saturated rings. The molecule has 4 aromatic rings. The van der Waals surface area contributed by atoms with Crippen molar-refractivity contribution < 1.29 is 18.1 Å². The van der Waals surface area contributed by atoms with Crippen molar-refractivity contribution in [2.75, 3.05) is 4.90 Å². The Morgan fingerprint density at radius 2 is 1.59 bits per heavy atom. The lowest BCUT2D eigenvalue weighted by molar-refractivity contribution is -0.113. The number of anilines is 1. The predicted octanol–water partition coefficient (Wildman–Crippen LogP) is 5.69. The maximum Gasteiger partial charge on any atom is 0.283 e. The minimum Gasteiger partial charge on any atom is -0.338 e. The van der Waals surface area contributed by atoms with Crippen molar-refractivity contribution in [1.82, 2.24) is 10.1 Å². The van der Waals surface area contributed by atoms with Crippen LogP contribution in [-0.2, 0) is 10.5 Å². The van der Waals surface area contributed by atoms with Crippen molar-refractivity contribution >= 4 is 34.6 Å². The summed E-state index contributed by atoms with van der Waals surface area (Å²) in [5.74, 6) is -0.182. The molecule has 1 aliphatic rings. The van der Waals surface area contributed by atoms with Crippen LogP contribution in [0.3, 0.4) is 0 Å². The molecule has 0 saturated carbocycles. The lowest BCUT2D eigenvalue weighted by Crippen LogP contribution is -2.30. The van der Waals surface area contributed by atoms with Gasteiger partial charge < -0.3 is 4.52 Å². The van der Waals surface area contributed by atoms with Crippen LogP contribution < -0.4 is 4.90 Å². The number of hydrogen-bond donors (Lipinski definition) is 0. The summed E-state index contributed by atoms with van der Waals surface area (Å²) in [6.45, 7) is 0. The number of thioether (sulfide) groups is 1. The van der Waals surface area contributed by atoms with Gasteiger partial charge in [-0.2, -0.15) is 4.98 Å². The largest absolute Gasteiger partial charge is 0.338 e. The van der Waals surface area contributed by atoms with Crippen molar-refractivity contribution in [1.29, 1.82) is 0 Å². The third kappa shape index (κ3) is 4.65. The minimum absolute atomic E-state index is 0.247. The van der Waals surface area contributed by atoms with Crippen molar-refractivity contribution in [2.24, 2.45) is 4.99 Å². The molecule has 0 spiro atoms. The second-order valence-electron chi connectivity index (χ2n) is 7.26. The molecule has 168 valence electrons. The third-order valence-electron chi connectivity index (χ3n) is 4.91. The van der Waals surface area contributed by atoms with Gasteiger partial charge in [0.1, 0.15) is 17.3 Å². The van der Waals surface area contributed by atoms with Crippen molar-refractivity contribution in [3.8, 4) is 11.4 Å². The molecule has 1 aromatic heterocycles. The average Bonchev–Trinajstić information content (AvgIpc) is 3.44. The molecule has 3 aromatic carbocycles. The summed E-state index contributed by atoms with van der Waals surface area (Å²) in [6.07, 6.45) is 1.70. The smallest absolute Gasteiger partial charge is 0.283 e. The molecule has 6 nitrogen and oxygen atoms in total. The zero-order valence-corrected chi connectivity index (χ0v) is 18.4. The topological polar surface area (TPSA) is 71.6 Å². The fourth-order valence-electron chi connectivity index (χ4n) is 3.27. The lowest BCUT2D eigenvalue weighted by atomic mass is 10.2. The number of amidine groups is 1. The summed E-state index contributed by atoms with van der Waals surface area (Å²) in [4.78, 5) is 23.5. The molecule has 5 rings (SSSR count). The molecule has 1 aliphatic heterocycles. The molecule has 0 aliphatic carbocycles. The lowest BCUT2D eigenvalue weighted by Gasteiger charge is -2.17. The fourth-order valence-corrected chi connectivity index (χ4v) is 4.12. The molecule has 1 amide bonds. The summed E-state index contributed by atoms with van der Waals surface area (Å²) in [6, 6.07) is 20.8. The first-order chi connectivity index (χ1) is 16.6. The van der Waals surface area contributed by atoms with Crippen LogP contribution in [0.15, 0.2) is 94.1 Å². The Bertz CT molecular complexity index is 1380. The van der Waals surface area contributed by atoms with Crippen molar-refractivity contribution in [2.45, 2.75) is 5.75 Å². The number of aromatic nitrogens is 2. The highest BCUT2D eigenvalue weighted by molar-refractivity contribution is 8.13. The maximum absolute atomic E-state index is 13.5. The molecule has 0 radical (unpaired) electrons. The monoisotopic (exact) mass is 474 g/mol. The molecule has 9 heteroatoms. The molecule has 0 bridgehead atoms. The number of carbonyl (C=O) groups excluding carboxylic acids is 1. The van der Waals surface area contributed by atoms with Crippen LogP contribution in [-0.4, -0.2) is 21.2 Å². The zero-order valence-electron chi connectivity index (χ0n) is 17.6. The van der Waals surface area contributed by atoms with Gasteiger partial charge in [-0.1, -0.05) is 47.3 Å². The first-order valence-electron chi connectivity index (χ1n) is 10.2. The molecule has 0 N–H and O–H groups in total. The number of benzene rings is 3. The van der Waals surface area contributed by atoms with Gasteiger partial charge in [0.25, 0.3) is 5.91 Å². The van der Waals surface area contributed by atoms with E-state index in [0.29, 0.717) is 28.1 Å². The third-order valence-corrected chi connectivity index (χ3v) is 5.84. The van der Waals surface area contributed by atoms with E-state index in [1.54, 1.807) is 18.2 Å². The van der Waals surface area contributed by atoms with Gasteiger partial charge in [0, 0.05) is 5.56 Å². The first-order valence-corrected chi connectivity index (χ1v) is 11.2. The van der Waals surface area contributed by atoms with Crippen LogP contribution in [0.4, 0.5) is 14.5 Å². The van der Waals surface area contributed by atoms with E-state index < -0.39 is 5.82 Å². The van der Waals surface area contributed by atoms with E-state index in [9.17, 15) is 13.6 Å². The van der Waals surface area contributed by atoms with Crippen molar-refractivity contribution in [3.05, 3.63) is 108 Å². The van der Waals surface area contributed by atoms with Crippen LogP contribution in [0.5, 0.6) is 0 Å². The van der Waals surface area contributed by atoms with Crippen LogP contribution in [0.2, 0.25) is 0 Å². The van der Waals surface area contributed by atoms with E-state index in [-0.39, 0.29) is 23.2 Å². The standard InChI is InChI=1S/C25H16F2N4O2S/c26-18-8-6-17(7-9-18)23-29-22(33-30-23)15-34-25-28-21(14-16-4-2-1-3-5-16)24(32)31(25)20-12-10-19(27)11-13-20/h1-14H,15H2/b21-14+. The number of aliphatic imine (C=N–C) groups is 1. The highest BCUT2D eigenvalue weighted by atomic mass is 32.2. The number of amides is 1. The normalized spacial score (nSPS) is 14.6. The number of hydrogen-bond acceptors (Lipinski definition) is 6. The summed E-state index contributed by atoms with van der Waals surface area (Å²) in [5, 5.41) is 4.34. The highest BCUT2D eigenvalue weighted by Crippen LogP contribution is 2.31. The van der Waals surface area contributed by atoms with E-state index in [0.717, 1.165) is 5.56 Å². The van der Waals surface area contributed by atoms with E-state index in [2.05, 4.69) is 15.1 Å². The minimum atomic E-state index is -0.402. The highest BCUT2D eigenvalue weighted by Gasteiger charge is 2.32. The summed E-state index contributed by atoms with van der Waals surface area (Å²) in [5.41, 5.74) is 2.21. The van der Waals surface area contributed by atoms with Gasteiger partial charge in [0.2, 0.25) is 11.7 Å². The molecule has 2 heterocycles. The Morgan fingerprint density at radius 3 is 2.29 bits per heavy atom. The molecule has 34 heavy (non-hydrogen) atoms. The summed E-state index contributed by atoms with van der Waals surface area (Å²) in [7, 11) is 0. The molecule has 0 unspecified atom stereocenters. The molecular formula is C25H16F2N4O2S. The number of rotatable bonds is 5. The number of nitrogens with zero attached hydrogens (tertiary/aromatic N) is 4. The second-order valence-corrected chi connectivity index (χ2v) is 8.20. The molecular weight excluding hydrogens is 458 g/mol. The first kappa shape index (κ1) is 21.7. The Morgan fingerprint density at radius 1 is 0.912 bits per heavy atom. The van der Waals surface area contributed by atoms with Crippen LogP contribution in [0.1, 0.15) is 11.5 Å². The summed E-state index contributed by atoms with van der Waals surface area (Å²) >= 11 is 1.24. The Labute approximate surface area is 197 Å². The quantitative estimate of drug-likeness (QED) is 0.348. The van der Waals surface area contributed by atoms with Gasteiger partial charge in [0.05, 0.1) is 11.4 Å².